The summed E-state index contributed by atoms with van der Waals surface area (Å²) in [6.07, 6.45) is 3.88. The number of amides is 1. The van der Waals surface area contributed by atoms with Crippen molar-refractivity contribution in [2.45, 2.75) is 51.6 Å². The van der Waals surface area contributed by atoms with Crippen molar-refractivity contribution < 1.29 is 4.79 Å². The van der Waals surface area contributed by atoms with Crippen LogP contribution in [0, 0.1) is 12.8 Å². The Morgan fingerprint density at radius 1 is 1.37 bits per heavy atom. The minimum absolute atomic E-state index is 0.0609. The molecule has 1 amide bonds. The van der Waals surface area contributed by atoms with Gasteiger partial charge in [-0.3, -0.25) is 4.79 Å². The van der Waals surface area contributed by atoms with E-state index in [1.165, 1.54) is 5.56 Å². The van der Waals surface area contributed by atoms with E-state index in [2.05, 4.69) is 36.5 Å². The number of benzene rings is 1. The van der Waals surface area contributed by atoms with E-state index in [0.717, 1.165) is 24.8 Å². The molecule has 1 aromatic carbocycles. The highest BCUT2D eigenvalue weighted by molar-refractivity contribution is 5.76. The van der Waals surface area contributed by atoms with Crippen molar-refractivity contribution in [3.8, 4) is 0 Å². The number of nitrogens with two attached hydrogens (primary N) is 1. The molecule has 19 heavy (non-hydrogen) atoms. The first-order valence-electron chi connectivity index (χ1n) is 7.18. The smallest absolute Gasteiger partial charge is 0.220 e. The van der Waals surface area contributed by atoms with Gasteiger partial charge in [0.05, 0.1) is 6.04 Å². The number of rotatable bonds is 4. The topological polar surface area (TPSA) is 55.1 Å². The van der Waals surface area contributed by atoms with E-state index < -0.39 is 0 Å². The van der Waals surface area contributed by atoms with E-state index >= 15 is 0 Å². The van der Waals surface area contributed by atoms with Crippen LogP contribution in [0.2, 0.25) is 0 Å². The molecule has 2 rings (SSSR count). The lowest BCUT2D eigenvalue weighted by Gasteiger charge is -2.18. The maximum atomic E-state index is 12.0. The van der Waals surface area contributed by atoms with Crippen molar-refractivity contribution >= 4 is 5.91 Å². The van der Waals surface area contributed by atoms with Crippen LogP contribution in [0.4, 0.5) is 0 Å². The SMILES string of the molecule is Cc1ccc(C(C)NC(=O)C[C@@H]2CCC[C@H]2N)cc1. The van der Waals surface area contributed by atoms with Crippen LogP contribution in [0.5, 0.6) is 0 Å². The summed E-state index contributed by atoms with van der Waals surface area (Å²) < 4.78 is 0. The van der Waals surface area contributed by atoms with Crippen molar-refractivity contribution in [3.05, 3.63) is 35.4 Å². The molecule has 1 aromatic rings. The second kappa shape index (κ2) is 6.20. The fourth-order valence-electron chi connectivity index (χ4n) is 2.80. The van der Waals surface area contributed by atoms with E-state index in [4.69, 9.17) is 5.73 Å². The highest BCUT2D eigenvalue weighted by Crippen LogP contribution is 2.27. The molecule has 3 nitrogen and oxygen atoms in total. The number of carbonyl (C=O) groups is 1. The molecule has 1 aliphatic rings. The Hall–Kier alpha value is -1.35. The number of aryl methyl sites for hydroxylation is 1. The largest absolute Gasteiger partial charge is 0.350 e. The van der Waals surface area contributed by atoms with E-state index in [1.54, 1.807) is 0 Å². The molecule has 1 aliphatic carbocycles. The van der Waals surface area contributed by atoms with Crippen LogP contribution < -0.4 is 11.1 Å². The highest BCUT2D eigenvalue weighted by atomic mass is 16.1. The zero-order valence-corrected chi connectivity index (χ0v) is 11.9. The van der Waals surface area contributed by atoms with E-state index in [1.807, 2.05) is 6.92 Å². The van der Waals surface area contributed by atoms with Crippen LogP contribution in [0.3, 0.4) is 0 Å². The van der Waals surface area contributed by atoms with Crippen LogP contribution in [0.15, 0.2) is 24.3 Å². The van der Waals surface area contributed by atoms with Crippen molar-refractivity contribution in [2.24, 2.45) is 11.7 Å². The Kier molecular flexibility index (Phi) is 4.59. The van der Waals surface area contributed by atoms with E-state index in [0.29, 0.717) is 12.3 Å². The van der Waals surface area contributed by atoms with Gasteiger partial charge >= 0.3 is 0 Å². The average molecular weight is 260 g/mol. The van der Waals surface area contributed by atoms with Gasteiger partial charge in [0.15, 0.2) is 0 Å². The first-order valence-corrected chi connectivity index (χ1v) is 7.18. The molecule has 0 aliphatic heterocycles. The lowest BCUT2D eigenvalue weighted by Crippen LogP contribution is -2.32. The molecule has 104 valence electrons. The van der Waals surface area contributed by atoms with Crippen molar-refractivity contribution in [1.29, 1.82) is 0 Å². The minimum atomic E-state index is 0.0609. The summed E-state index contributed by atoms with van der Waals surface area (Å²) >= 11 is 0. The van der Waals surface area contributed by atoms with Gasteiger partial charge in [-0.25, -0.2) is 0 Å². The van der Waals surface area contributed by atoms with Crippen LogP contribution >= 0.6 is 0 Å². The van der Waals surface area contributed by atoms with Gasteiger partial charge in [0.25, 0.3) is 0 Å². The van der Waals surface area contributed by atoms with E-state index in [9.17, 15) is 4.79 Å². The van der Waals surface area contributed by atoms with Crippen LogP contribution in [0.1, 0.15) is 49.8 Å². The quantitative estimate of drug-likeness (QED) is 0.874. The second-order valence-corrected chi connectivity index (χ2v) is 5.76. The molecule has 1 saturated carbocycles. The molecule has 0 radical (unpaired) electrons. The Bertz CT molecular complexity index is 427. The van der Waals surface area contributed by atoms with Gasteiger partial charge in [-0.05, 0) is 38.2 Å². The monoisotopic (exact) mass is 260 g/mol. The first-order chi connectivity index (χ1) is 9.06. The maximum absolute atomic E-state index is 12.0. The van der Waals surface area contributed by atoms with Gasteiger partial charge in [0.1, 0.15) is 0 Å². The zero-order chi connectivity index (χ0) is 13.8. The van der Waals surface area contributed by atoms with Crippen LogP contribution in [-0.4, -0.2) is 11.9 Å². The Labute approximate surface area is 115 Å². The van der Waals surface area contributed by atoms with Gasteiger partial charge in [-0.15, -0.1) is 0 Å². The lowest BCUT2D eigenvalue weighted by molar-refractivity contribution is -0.122. The summed E-state index contributed by atoms with van der Waals surface area (Å²) in [7, 11) is 0. The van der Waals surface area contributed by atoms with Crippen molar-refractivity contribution in [1.82, 2.24) is 5.32 Å². The summed E-state index contributed by atoms with van der Waals surface area (Å²) in [5.74, 6) is 0.487. The average Bonchev–Trinajstić information content (AvgIpc) is 2.75. The molecule has 3 N–H and O–H groups in total. The molecular weight excluding hydrogens is 236 g/mol. The summed E-state index contributed by atoms with van der Waals surface area (Å²) in [6, 6.07) is 8.56. The molecule has 0 spiro atoms. The Morgan fingerprint density at radius 2 is 2.05 bits per heavy atom. The highest BCUT2D eigenvalue weighted by Gasteiger charge is 2.26. The lowest BCUT2D eigenvalue weighted by atomic mass is 9.99. The molecule has 0 bridgehead atoms. The molecule has 0 aromatic heterocycles. The third-order valence-electron chi connectivity index (χ3n) is 4.12. The Morgan fingerprint density at radius 3 is 2.63 bits per heavy atom. The van der Waals surface area contributed by atoms with Gasteiger partial charge in [0.2, 0.25) is 5.91 Å². The molecule has 3 atom stereocenters. The fourth-order valence-corrected chi connectivity index (χ4v) is 2.80. The van der Waals surface area contributed by atoms with Crippen LogP contribution in [-0.2, 0) is 4.79 Å². The van der Waals surface area contributed by atoms with Gasteiger partial charge < -0.3 is 11.1 Å². The third-order valence-corrected chi connectivity index (χ3v) is 4.12. The predicted octanol–water partition coefficient (Wildman–Crippen LogP) is 2.69. The van der Waals surface area contributed by atoms with Crippen molar-refractivity contribution in [2.75, 3.05) is 0 Å². The summed E-state index contributed by atoms with van der Waals surface area (Å²) in [5, 5.41) is 3.07. The molecular formula is C16H24N2O. The minimum Gasteiger partial charge on any atom is -0.350 e. The number of hydrogen-bond acceptors (Lipinski definition) is 2. The van der Waals surface area contributed by atoms with E-state index in [-0.39, 0.29) is 18.0 Å². The number of carbonyl (C=O) groups excluding carboxylic acids is 1. The maximum Gasteiger partial charge on any atom is 0.220 e. The first kappa shape index (κ1) is 14.1. The normalized spacial score (nSPS) is 24.2. The van der Waals surface area contributed by atoms with Gasteiger partial charge in [-0.2, -0.15) is 0 Å². The predicted molar refractivity (Wildman–Crippen MR) is 77.7 cm³/mol. The molecule has 1 fully saturated rings. The van der Waals surface area contributed by atoms with Gasteiger partial charge in [0, 0.05) is 12.5 Å². The van der Waals surface area contributed by atoms with Gasteiger partial charge in [-0.1, -0.05) is 36.2 Å². The zero-order valence-electron chi connectivity index (χ0n) is 11.9. The standard InChI is InChI=1S/C16H24N2O/c1-11-6-8-13(9-7-11)12(2)18-16(19)10-14-4-3-5-15(14)17/h6-9,12,14-15H,3-5,10,17H2,1-2H3,(H,18,19)/t12?,14-,15+/m0/s1. The molecule has 0 saturated heterocycles. The summed E-state index contributed by atoms with van der Waals surface area (Å²) in [5.41, 5.74) is 8.39. The number of hydrogen-bond donors (Lipinski definition) is 2. The molecule has 3 heteroatoms. The second-order valence-electron chi connectivity index (χ2n) is 5.76. The number of nitrogens with one attached hydrogen (secondary N) is 1. The third kappa shape index (κ3) is 3.80. The van der Waals surface area contributed by atoms with Crippen molar-refractivity contribution in [3.63, 3.8) is 0 Å². The molecule has 1 unspecified atom stereocenters. The Balaban J connectivity index is 1.86. The molecule has 0 heterocycles. The summed E-state index contributed by atoms with van der Waals surface area (Å²) in [4.78, 5) is 12.0. The fraction of sp³-hybridized carbons (Fsp3) is 0.562. The summed E-state index contributed by atoms with van der Waals surface area (Å²) in [6.45, 7) is 4.09. The van der Waals surface area contributed by atoms with Crippen LogP contribution in [0.25, 0.3) is 0 Å².